The van der Waals surface area contributed by atoms with Crippen molar-refractivity contribution < 1.29 is 14.3 Å². The number of carbonyl (C=O) groups is 2. The van der Waals surface area contributed by atoms with Crippen molar-refractivity contribution >= 4 is 12.0 Å². The van der Waals surface area contributed by atoms with Crippen LogP contribution in [0.5, 0.6) is 0 Å². The van der Waals surface area contributed by atoms with E-state index in [1.807, 2.05) is 36.4 Å². The minimum Gasteiger partial charge on any atom is -0.450 e. The van der Waals surface area contributed by atoms with Gasteiger partial charge in [0.25, 0.3) is 0 Å². The molecule has 1 aromatic carbocycles. The molecule has 0 fully saturated rings. The number of amides is 2. The first-order chi connectivity index (χ1) is 10.1. The molecule has 2 unspecified atom stereocenters. The molecule has 0 heterocycles. The van der Waals surface area contributed by atoms with Crippen molar-refractivity contribution in [1.29, 1.82) is 5.26 Å². The summed E-state index contributed by atoms with van der Waals surface area (Å²) in [6.07, 6.45) is -0.331. The summed E-state index contributed by atoms with van der Waals surface area (Å²) in [5, 5.41) is 13.8. The maximum absolute atomic E-state index is 12.1. The van der Waals surface area contributed by atoms with Gasteiger partial charge in [0.1, 0.15) is 12.1 Å². The lowest BCUT2D eigenvalue weighted by molar-refractivity contribution is -0.123. The average Bonchev–Trinajstić information content (AvgIpc) is 2.47. The fourth-order valence-electron chi connectivity index (χ4n) is 1.72. The Bertz CT molecular complexity index is 511. The van der Waals surface area contributed by atoms with Gasteiger partial charge in [-0.25, -0.2) is 4.79 Å². The zero-order chi connectivity index (χ0) is 15.7. The number of rotatable bonds is 6. The molecule has 0 radical (unpaired) electrons. The van der Waals surface area contributed by atoms with Crippen molar-refractivity contribution in [1.82, 2.24) is 10.6 Å². The molecule has 0 aromatic heterocycles. The summed E-state index contributed by atoms with van der Waals surface area (Å²) in [4.78, 5) is 23.6. The van der Waals surface area contributed by atoms with Gasteiger partial charge < -0.3 is 15.4 Å². The van der Waals surface area contributed by atoms with Crippen molar-refractivity contribution in [2.45, 2.75) is 32.4 Å². The highest BCUT2D eigenvalue weighted by Crippen LogP contribution is 2.04. The molecule has 6 nitrogen and oxygen atoms in total. The third kappa shape index (κ3) is 5.95. The number of nitrogens with one attached hydrogen (secondary N) is 2. The van der Waals surface area contributed by atoms with Crippen LogP contribution in [-0.4, -0.2) is 30.7 Å². The molecule has 21 heavy (non-hydrogen) atoms. The molecule has 0 aliphatic heterocycles. The summed E-state index contributed by atoms with van der Waals surface area (Å²) < 4.78 is 4.80. The Morgan fingerprint density at radius 3 is 2.52 bits per heavy atom. The fourth-order valence-corrected chi connectivity index (χ4v) is 1.72. The van der Waals surface area contributed by atoms with E-state index in [1.165, 1.54) is 0 Å². The van der Waals surface area contributed by atoms with Gasteiger partial charge in [-0.1, -0.05) is 30.3 Å². The van der Waals surface area contributed by atoms with Gasteiger partial charge in [0.15, 0.2) is 0 Å². The van der Waals surface area contributed by atoms with Gasteiger partial charge in [-0.3, -0.25) is 4.79 Å². The van der Waals surface area contributed by atoms with Gasteiger partial charge in [-0.05, 0) is 19.4 Å². The first-order valence-electron chi connectivity index (χ1n) is 6.74. The van der Waals surface area contributed by atoms with E-state index >= 15 is 0 Å². The van der Waals surface area contributed by atoms with Crippen LogP contribution in [0.25, 0.3) is 0 Å². The molecular weight excluding hydrogens is 270 g/mol. The predicted molar refractivity (Wildman–Crippen MR) is 77.3 cm³/mol. The summed E-state index contributed by atoms with van der Waals surface area (Å²) >= 11 is 0. The summed E-state index contributed by atoms with van der Waals surface area (Å²) in [6.45, 7) is 3.48. The summed E-state index contributed by atoms with van der Waals surface area (Å²) in [5.41, 5.74) is 0.902. The maximum Gasteiger partial charge on any atom is 0.407 e. The third-order valence-electron chi connectivity index (χ3n) is 2.72. The van der Waals surface area contributed by atoms with Crippen molar-refractivity contribution in [2.75, 3.05) is 6.61 Å². The van der Waals surface area contributed by atoms with Crippen LogP contribution in [0.2, 0.25) is 0 Å². The Labute approximate surface area is 124 Å². The molecule has 2 N–H and O–H groups in total. The van der Waals surface area contributed by atoms with Crippen LogP contribution in [0.3, 0.4) is 0 Å². The fraction of sp³-hybridized carbons (Fsp3) is 0.400. The largest absolute Gasteiger partial charge is 0.450 e. The number of alkyl carbamates (subject to hydrolysis) is 1. The molecule has 0 saturated carbocycles. The van der Waals surface area contributed by atoms with Gasteiger partial charge in [-0.2, -0.15) is 5.26 Å². The van der Waals surface area contributed by atoms with Crippen LogP contribution in [0.1, 0.15) is 19.4 Å². The summed E-state index contributed by atoms with van der Waals surface area (Å²) in [6, 6.07) is 9.80. The number of ether oxygens (including phenoxy) is 1. The molecule has 1 aromatic rings. The number of nitrogens with zero attached hydrogens (tertiary/aromatic N) is 1. The lowest BCUT2D eigenvalue weighted by atomic mass is 10.1. The molecule has 0 spiro atoms. The van der Waals surface area contributed by atoms with Crippen molar-refractivity contribution in [3.05, 3.63) is 35.9 Å². The second-order valence-corrected chi connectivity index (χ2v) is 4.47. The average molecular weight is 289 g/mol. The molecular formula is C15H19N3O3. The minimum absolute atomic E-state index is 0.222. The first-order valence-corrected chi connectivity index (χ1v) is 6.74. The third-order valence-corrected chi connectivity index (χ3v) is 2.72. The lowest BCUT2D eigenvalue weighted by Crippen LogP contribution is -2.50. The SMILES string of the molecule is CCOC(=O)NC(Cc1ccccc1)C(=O)NC(C)C#N. The van der Waals surface area contributed by atoms with Crippen molar-refractivity contribution in [3.8, 4) is 6.07 Å². The van der Waals surface area contributed by atoms with Crippen LogP contribution >= 0.6 is 0 Å². The van der Waals surface area contributed by atoms with E-state index in [2.05, 4.69) is 10.6 Å². The van der Waals surface area contributed by atoms with Crippen LogP contribution in [0, 0.1) is 11.3 Å². The Hall–Kier alpha value is -2.55. The second-order valence-electron chi connectivity index (χ2n) is 4.47. The number of hydrogen-bond donors (Lipinski definition) is 2. The van der Waals surface area contributed by atoms with Crippen molar-refractivity contribution in [3.63, 3.8) is 0 Å². The highest BCUT2D eigenvalue weighted by atomic mass is 16.5. The highest BCUT2D eigenvalue weighted by molar-refractivity contribution is 5.86. The topological polar surface area (TPSA) is 91.2 Å². The highest BCUT2D eigenvalue weighted by Gasteiger charge is 2.22. The molecule has 2 amide bonds. The van der Waals surface area contributed by atoms with Gasteiger partial charge in [0, 0.05) is 6.42 Å². The second kappa shape index (κ2) is 8.59. The van der Waals surface area contributed by atoms with E-state index in [0.29, 0.717) is 6.42 Å². The Kier molecular flexibility index (Phi) is 6.75. The van der Waals surface area contributed by atoms with Crippen LogP contribution < -0.4 is 10.6 Å². The lowest BCUT2D eigenvalue weighted by Gasteiger charge is -2.19. The number of hydrogen-bond acceptors (Lipinski definition) is 4. The normalized spacial score (nSPS) is 12.6. The maximum atomic E-state index is 12.1. The van der Waals surface area contributed by atoms with E-state index in [0.717, 1.165) is 5.56 Å². The number of carbonyl (C=O) groups excluding carboxylic acids is 2. The summed E-state index contributed by atoms with van der Waals surface area (Å²) in [5.74, 6) is -0.416. The predicted octanol–water partition coefficient (Wildman–Crippen LogP) is 1.37. The van der Waals surface area contributed by atoms with E-state index < -0.39 is 24.1 Å². The molecule has 112 valence electrons. The zero-order valence-corrected chi connectivity index (χ0v) is 12.1. The number of benzene rings is 1. The van der Waals surface area contributed by atoms with Crippen LogP contribution in [0.4, 0.5) is 4.79 Å². The van der Waals surface area contributed by atoms with Crippen LogP contribution in [-0.2, 0) is 16.0 Å². The van der Waals surface area contributed by atoms with E-state index in [4.69, 9.17) is 10.00 Å². The standard InChI is InChI=1S/C15H19N3O3/c1-3-21-15(20)18-13(14(19)17-11(2)10-16)9-12-7-5-4-6-8-12/h4-8,11,13H,3,9H2,1-2H3,(H,17,19)(H,18,20). The minimum atomic E-state index is -0.790. The molecule has 2 atom stereocenters. The Morgan fingerprint density at radius 1 is 1.29 bits per heavy atom. The Balaban J connectivity index is 2.76. The van der Waals surface area contributed by atoms with Crippen LogP contribution in [0.15, 0.2) is 30.3 Å². The molecule has 0 bridgehead atoms. The Morgan fingerprint density at radius 2 is 1.95 bits per heavy atom. The van der Waals surface area contributed by atoms with E-state index in [1.54, 1.807) is 13.8 Å². The van der Waals surface area contributed by atoms with Crippen molar-refractivity contribution in [2.24, 2.45) is 0 Å². The summed E-state index contributed by atoms with van der Waals surface area (Å²) in [7, 11) is 0. The molecule has 0 aliphatic rings. The monoisotopic (exact) mass is 289 g/mol. The first kappa shape index (κ1) is 16.5. The van der Waals surface area contributed by atoms with Gasteiger partial charge >= 0.3 is 6.09 Å². The van der Waals surface area contributed by atoms with E-state index in [-0.39, 0.29) is 6.61 Å². The van der Waals surface area contributed by atoms with E-state index in [9.17, 15) is 9.59 Å². The molecule has 0 aliphatic carbocycles. The molecule has 1 rings (SSSR count). The van der Waals surface area contributed by atoms with Gasteiger partial charge in [-0.15, -0.1) is 0 Å². The molecule has 6 heteroatoms. The molecule has 0 saturated heterocycles. The van der Waals surface area contributed by atoms with Gasteiger partial charge in [0.05, 0.1) is 12.7 Å². The van der Waals surface area contributed by atoms with Gasteiger partial charge in [0.2, 0.25) is 5.91 Å². The number of nitriles is 1. The quantitative estimate of drug-likeness (QED) is 0.827. The zero-order valence-electron chi connectivity index (χ0n) is 12.1. The smallest absolute Gasteiger partial charge is 0.407 e.